The molecule has 0 amide bonds. The lowest BCUT2D eigenvalue weighted by molar-refractivity contribution is 0.220. The number of rotatable bonds is 12. The van der Waals surface area contributed by atoms with E-state index in [0.29, 0.717) is 5.94 Å². The van der Waals surface area contributed by atoms with E-state index >= 15 is 0 Å². The Morgan fingerprint density at radius 3 is 2.06 bits per heavy atom. The van der Waals surface area contributed by atoms with E-state index in [1.165, 1.54) is 51.4 Å². The van der Waals surface area contributed by atoms with Crippen LogP contribution in [0.1, 0.15) is 58.3 Å². The Bertz CT molecular complexity index is 136. The van der Waals surface area contributed by atoms with E-state index < -0.39 is 7.32 Å². The van der Waals surface area contributed by atoms with Gasteiger partial charge >= 0.3 is 7.32 Å². The second-order valence-electron chi connectivity index (χ2n) is 3.99. The smallest absolute Gasteiger partial charge is 0.402 e. The molecule has 0 aromatic heterocycles. The molecule has 96 valence electrons. The molecule has 0 fully saturated rings. The highest BCUT2D eigenvalue weighted by molar-refractivity contribution is 7.99. The lowest BCUT2D eigenvalue weighted by atomic mass is 10.1. The molecule has 0 unspecified atom stereocenters. The molecule has 0 rings (SSSR count). The van der Waals surface area contributed by atoms with E-state index in [0.717, 1.165) is 5.75 Å². The maximum Gasteiger partial charge on any atom is 0.634 e. The zero-order chi connectivity index (χ0) is 12.1. The fourth-order valence-corrected chi connectivity index (χ4v) is 2.25. The number of hydrogen-bond donors (Lipinski definition) is 2. The summed E-state index contributed by atoms with van der Waals surface area (Å²) >= 11 is 1.61. The molecule has 3 nitrogen and oxygen atoms in total. The summed E-state index contributed by atoms with van der Waals surface area (Å²) in [6, 6.07) is 0. The molecule has 0 saturated heterocycles. The summed E-state index contributed by atoms with van der Waals surface area (Å²) in [5.41, 5.74) is 0. The molecule has 0 aliphatic heterocycles. The number of thioether (sulfide) groups is 1. The first kappa shape index (κ1) is 16.3. The Labute approximate surface area is 104 Å². The summed E-state index contributed by atoms with van der Waals surface area (Å²) in [7, 11) is -1.62. The van der Waals surface area contributed by atoms with Gasteiger partial charge in [-0.15, -0.1) is 11.8 Å². The minimum atomic E-state index is -1.62. The molecule has 0 saturated carbocycles. The van der Waals surface area contributed by atoms with Gasteiger partial charge in [-0.3, -0.25) is 0 Å². The average Bonchev–Trinajstić information content (AvgIpc) is 2.25. The average molecular weight is 248 g/mol. The summed E-state index contributed by atoms with van der Waals surface area (Å²) in [6.45, 7) is 2.24. The molecule has 0 aromatic rings. The maximum atomic E-state index is 8.42. The van der Waals surface area contributed by atoms with Crippen molar-refractivity contribution in [2.75, 3.05) is 11.7 Å². The molecule has 16 heavy (non-hydrogen) atoms. The van der Waals surface area contributed by atoms with Crippen molar-refractivity contribution in [2.45, 2.75) is 58.3 Å². The molecule has 0 aromatic carbocycles. The standard InChI is InChI=1S/C11H25BO3S/c1-2-3-4-5-6-7-8-9-10-16-11-15-12(13)14/h13-14H,2-11H2,1H3. The van der Waals surface area contributed by atoms with E-state index in [9.17, 15) is 0 Å². The first-order valence-electron chi connectivity index (χ1n) is 6.33. The number of hydrogen-bond acceptors (Lipinski definition) is 4. The Hall–Kier alpha value is 0.295. The lowest BCUT2D eigenvalue weighted by Gasteiger charge is -2.03. The molecule has 0 heterocycles. The van der Waals surface area contributed by atoms with Crippen LogP contribution in [0.4, 0.5) is 0 Å². The summed E-state index contributed by atoms with van der Waals surface area (Å²) in [5.74, 6) is 1.41. The van der Waals surface area contributed by atoms with Gasteiger partial charge in [-0.05, 0) is 12.2 Å². The Morgan fingerprint density at radius 1 is 0.938 bits per heavy atom. The van der Waals surface area contributed by atoms with Gasteiger partial charge in [-0.1, -0.05) is 51.9 Å². The third kappa shape index (κ3) is 14.3. The molecule has 0 radical (unpaired) electrons. The molecule has 0 aliphatic carbocycles. The van der Waals surface area contributed by atoms with Crippen LogP contribution in [0.2, 0.25) is 0 Å². The highest BCUT2D eigenvalue weighted by Crippen LogP contribution is 2.11. The van der Waals surface area contributed by atoms with Crippen LogP contribution in [0.25, 0.3) is 0 Å². The highest BCUT2D eigenvalue weighted by atomic mass is 32.2. The Morgan fingerprint density at radius 2 is 1.50 bits per heavy atom. The van der Waals surface area contributed by atoms with Gasteiger partial charge in [0.25, 0.3) is 0 Å². The predicted octanol–water partition coefficient (Wildman–Crippen LogP) is 2.80. The first-order valence-corrected chi connectivity index (χ1v) is 7.48. The van der Waals surface area contributed by atoms with Gasteiger partial charge < -0.3 is 14.7 Å². The van der Waals surface area contributed by atoms with E-state index in [1.54, 1.807) is 11.8 Å². The zero-order valence-corrected chi connectivity index (χ0v) is 11.2. The molecule has 0 aliphatic rings. The van der Waals surface area contributed by atoms with Gasteiger partial charge in [0.2, 0.25) is 0 Å². The summed E-state index contributed by atoms with van der Waals surface area (Å²) < 4.78 is 4.59. The van der Waals surface area contributed by atoms with Crippen molar-refractivity contribution in [3.63, 3.8) is 0 Å². The third-order valence-electron chi connectivity index (χ3n) is 2.44. The Kier molecular flexibility index (Phi) is 13.6. The monoisotopic (exact) mass is 248 g/mol. The van der Waals surface area contributed by atoms with E-state index in [4.69, 9.17) is 10.0 Å². The molecule has 0 spiro atoms. The zero-order valence-electron chi connectivity index (χ0n) is 10.4. The van der Waals surface area contributed by atoms with Crippen LogP contribution >= 0.6 is 11.8 Å². The van der Waals surface area contributed by atoms with Crippen LogP contribution in [-0.2, 0) is 4.65 Å². The molecule has 0 atom stereocenters. The van der Waals surface area contributed by atoms with Crippen LogP contribution in [0.5, 0.6) is 0 Å². The predicted molar refractivity (Wildman–Crippen MR) is 71.2 cm³/mol. The van der Waals surface area contributed by atoms with Crippen LogP contribution in [0.3, 0.4) is 0 Å². The summed E-state index contributed by atoms with van der Waals surface area (Å²) in [6.07, 6.45) is 10.6. The molecular weight excluding hydrogens is 223 g/mol. The topological polar surface area (TPSA) is 49.7 Å². The first-order chi connectivity index (χ1) is 7.77. The van der Waals surface area contributed by atoms with Crippen LogP contribution in [0.15, 0.2) is 0 Å². The second-order valence-corrected chi connectivity index (χ2v) is 5.05. The van der Waals surface area contributed by atoms with Gasteiger partial charge in [-0.2, -0.15) is 0 Å². The van der Waals surface area contributed by atoms with Gasteiger partial charge in [-0.25, -0.2) is 0 Å². The number of unbranched alkanes of at least 4 members (excludes halogenated alkanes) is 7. The SMILES string of the molecule is CCCCCCCCCCSCOB(O)O. The van der Waals surface area contributed by atoms with Crippen LogP contribution in [0, 0.1) is 0 Å². The van der Waals surface area contributed by atoms with Crippen molar-refractivity contribution >= 4 is 19.1 Å². The fraction of sp³-hybridized carbons (Fsp3) is 1.00. The second kappa shape index (κ2) is 13.4. The van der Waals surface area contributed by atoms with Crippen LogP contribution < -0.4 is 0 Å². The minimum Gasteiger partial charge on any atom is -0.402 e. The van der Waals surface area contributed by atoms with Crippen molar-refractivity contribution in [2.24, 2.45) is 0 Å². The molecule has 2 N–H and O–H groups in total. The molecule has 5 heteroatoms. The summed E-state index contributed by atoms with van der Waals surface area (Å²) in [4.78, 5) is 0. The van der Waals surface area contributed by atoms with Crippen molar-refractivity contribution < 1.29 is 14.7 Å². The largest absolute Gasteiger partial charge is 0.634 e. The summed E-state index contributed by atoms with van der Waals surface area (Å²) in [5, 5.41) is 16.8. The molecular formula is C11H25BO3S. The van der Waals surface area contributed by atoms with Crippen LogP contribution in [-0.4, -0.2) is 29.1 Å². The van der Waals surface area contributed by atoms with Crippen molar-refractivity contribution in [3.05, 3.63) is 0 Å². The van der Waals surface area contributed by atoms with Gasteiger partial charge in [0.05, 0.1) is 5.94 Å². The minimum absolute atomic E-state index is 0.369. The van der Waals surface area contributed by atoms with Gasteiger partial charge in [0.15, 0.2) is 0 Å². The Balaban J connectivity index is 2.88. The highest BCUT2D eigenvalue weighted by Gasteiger charge is 2.06. The van der Waals surface area contributed by atoms with E-state index in [2.05, 4.69) is 11.6 Å². The normalized spacial score (nSPS) is 10.7. The van der Waals surface area contributed by atoms with E-state index in [-0.39, 0.29) is 0 Å². The van der Waals surface area contributed by atoms with Crippen molar-refractivity contribution in [1.29, 1.82) is 0 Å². The van der Waals surface area contributed by atoms with Gasteiger partial charge in [0, 0.05) is 0 Å². The maximum absolute atomic E-state index is 8.42. The molecule has 0 bridgehead atoms. The van der Waals surface area contributed by atoms with E-state index in [1.807, 2.05) is 0 Å². The van der Waals surface area contributed by atoms with Gasteiger partial charge in [0.1, 0.15) is 0 Å². The third-order valence-corrected chi connectivity index (χ3v) is 3.32. The van der Waals surface area contributed by atoms with Crippen molar-refractivity contribution in [1.82, 2.24) is 0 Å². The fourth-order valence-electron chi connectivity index (χ4n) is 1.51. The van der Waals surface area contributed by atoms with Crippen molar-refractivity contribution in [3.8, 4) is 0 Å². The quantitative estimate of drug-likeness (QED) is 0.317. The lowest BCUT2D eigenvalue weighted by Crippen LogP contribution is -2.16.